The molecule has 3 N–H and O–H groups in total. The van der Waals surface area contributed by atoms with Crippen LogP contribution in [0, 0.1) is 18.6 Å². The van der Waals surface area contributed by atoms with Crippen LogP contribution in [-0.4, -0.2) is 11.7 Å². The maximum Gasteiger partial charge on any atom is 0.126 e. The van der Waals surface area contributed by atoms with Crippen LogP contribution in [-0.2, 0) is 0 Å². The maximum absolute atomic E-state index is 13.2. The lowest BCUT2D eigenvalue weighted by Crippen LogP contribution is -2.20. The molecule has 0 amide bonds. The third-order valence-electron chi connectivity index (χ3n) is 3.04. The smallest absolute Gasteiger partial charge is 0.126 e. The van der Waals surface area contributed by atoms with E-state index in [1.807, 2.05) is 0 Å². The van der Waals surface area contributed by atoms with Gasteiger partial charge in [-0.2, -0.15) is 0 Å². The third kappa shape index (κ3) is 3.00. The third-order valence-corrected chi connectivity index (χ3v) is 3.04. The highest BCUT2D eigenvalue weighted by molar-refractivity contribution is 5.27. The van der Waals surface area contributed by atoms with E-state index in [2.05, 4.69) is 0 Å². The van der Waals surface area contributed by atoms with Crippen molar-refractivity contribution < 1.29 is 18.3 Å². The number of halogens is 2. The molecule has 0 aliphatic rings. The molecule has 0 aliphatic heterocycles. The van der Waals surface area contributed by atoms with Gasteiger partial charge in [-0.1, -0.05) is 0 Å². The van der Waals surface area contributed by atoms with Gasteiger partial charge in [0.25, 0.3) is 0 Å². The van der Waals surface area contributed by atoms with Crippen LogP contribution in [0.15, 0.2) is 34.9 Å². The van der Waals surface area contributed by atoms with Crippen molar-refractivity contribution in [3.63, 3.8) is 0 Å². The largest absolute Gasteiger partial charge is 0.469 e. The lowest BCUT2D eigenvalue weighted by molar-refractivity contribution is 0.146. The highest BCUT2D eigenvalue weighted by Gasteiger charge is 2.24. The molecule has 0 saturated carbocycles. The van der Waals surface area contributed by atoms with Gasteiger partial charge in [-0.05, 0) is 30.7 Å². The summed E-state index contributed by atoms with van der Waals surface area (Å²) < 4.78 is 31.5. The summed E-state index contributed by atoms with van der Waals surface area (Å²) in [6, 6.07) is 4.81. The molecule has 1 aromatic carbocycles. The zero-order chi connectivity index (χ0) is 14.0. The first-order valence-electron chi connectivity index (χ1n) is 5.90. The van der Waals surface area contributed by atoms with Crippen LogP contribution in [0.4, 0.5) is 8.78 Å². The molecule has 0 aliphatic carbocycles. The van der Waals surface area contributed by atoms with Crippen molar-refractivity contribution in [1.29, 1.82) is 0 Å². The zero-order valence-electron chi connectivity index (χ0n) is 10.4. The Bertz CT molecular complexity index is 548. The highest BCUT2D eigenvalue weighted by Crippen LogP contribution is 2.31. The molecule has 5 heteroatoms. The highest BCUT2D eigenvalue weighted by atomic mass is 19.1. The van der Waals surface area contributed by atoms with Gasteiger partial charge in [0.05, 0.1) is 12.4 Å². The minimum Gasteiger partial charge on any atom is -0.469 e. The van der Waals surface area contributed by atoms with E-state index in [4.69, 9.17) is 10.2 Å². The van der Waals surface area contributed by atoms with Crippen molar-refractivity contribution in [2.24, 2.45) is 5.73 Å². The van der Waals surface area contributed by atoms with Crippen molar-refractivity contribution in [2.45, 2.75) is 18.9 Å². The summed E-state index contributed by atoms with van der Waals surface area (Å²) in [6.45, 7) is 1.81. The van der Waals surface area contributed by atoms with E-state index in [0.717, 1.165) is 6.07 Å². The fourth-order valence-electron chi connectivity index (χ4n) is 2.09. The average Bonchev–Trinajstić information content (AvgIpc) is 2.75. The molecular weight excluding hydrogens is 252 g/mol. The molecule has 2 rings (SSSR count). The van der Waals surface area contributed by atoms with Gasteiger partial charge in [0, 0.05) is 24.1 Å². The summed E-state index contributed by atoms with van der Waals surface area (Å²) in [5.74, 6) is -1.33. The second-order valence-corrected chi connectivity index (χ2v) is 4.48. The minimum atomic E-state index is -0.969. The summed E-state index contributed by atoms with van der Waals surface area (Å²) in [5, 5.41) is 10.2. The van der Waals surface area contributed by atoms with E-state index in [-0.39, 0.29) is 6.54 Å². The molecule has 19 heavy (non-hydrogen) atoms. The van der Waals surface area contributed by atoms with Crippen molar-refractivity contribution in [3.05, 3.63) is 59.1 Å². The predicted molar refractivity (Wildman–Crippen MR) is 66.6 cm³/mol. The van der Waals surface area contributed by atoms with Gasteiger partial charge < -0.3 is 15.3 Å². The number of rotatable bonds is 4. The number of furan rings is 1. The van der Waals surface area contributed by atoms with Crippen LogP contribution in [0.2, 0.25) is 0 Å². The molecule has 1 heterocycles. The molecule has 0 radical (unpaired) electrons. The minimum absolute atomic E-state index is 0.0638. The molecule has 0 fully saturated rings. The Morgan fingerprint density at radius 2 is 1.79 bits per heavy atom. The Balaban J connectivity index is 2.33. The van der Waals surface area contributed by atoms with E-state index in [1.54, 1.807) is 13.0 Å². The van der Waals surface area contributed by atoms with Crippen LogP contribution in [0.3, 0.4) is 0 Å². The van der Waals surface area contributed by atoms with E-state index in [0.29, 0.717) is 16.9 Å². The van der Waals surface area contributed by atoms with Gasteiger partial charge in [-0.15, -0.1) is 0 Å². The summed E-state index contributed by atoms with van der Waals surface area (Å²) in [4.78, 5) is 0. The zero-order valence-corrected chi connectivity index (χ0v) is 10.4. The van der Waals surface area contributed by atoms with Crippen molar-refractivity contribution in [2.75, 3.05) is 6.54 Å². The SMILES string of the molecule is Cc1cc(C(O)C(CN)c2cc(F)cc(F)c2)co1. The predicted octanol–water partition coefficient (Wildman–Crippen LogP) is 2.64. The number of nitrogens with two attached hydrogens (primary N) is 1. The van der Waals surface area contributed by atoms with Crippen LogP contribution >= 0.6 is 0 Å². The fraction of sp³-hybridized carbons (Fsp3) is 0.286. The number of aliphatic hydroxyl groups excluding tert-OH is 1. The molecule has 3 nitrogen and oxygen atoms in total. The molecular formula is C14H15F2NO2. The Kier molecular flexibility index (Phi) is 3.97. The second-order valence-electron chi connectivity index (χ2n) is 4.48. The molecule has 0 spiro atoms. The Hall–Kier alpha value is -1.72. The average molecular weight is 267 g/mol. The lowest BCUT2D eigenvalue weighted by Gasteiger charge is -2.21. The quantitative estimate of drug-likeness (QED) is 0.895. The van der Waals surface area contributed by atoms with Crippen molar-refractivity contribution >= 4 is 0 Å². The van der Waals surface area contributed by atoms with E-state index < -0.39 is 23.7 Å². The molecule has 2 unspecified atom stereocenters. The van der Waals surface area contributed by atoms with Gasteiger partial charge >= 0.3 is 0 Å². The maximum atomic E-state index is 13.2. The molecule has 102 valence electrons. The first-order chi connectivity index (χ1) is 9.01. The number of hydrogen-bond donors (Lipinski definition) is 2. The Morgan fingerprint density at radius 3 is 2.26 bits per heavy atom. The van der Waals surface area contributed by atoms with Crippen LogP contribution in [0.1, 0.15) is 28.9 Å². The lowest BCUT2D eigenvalue weighted by atomic mass is 9.90. The van der Waals surface area contributed by atoms with E-state index in [1.165, 1.54) is 18.4 Å². The summed E-state index contributed by atoms with van der Waals surface area (Å²) in [5.41, 5.74) is 6.48. The monoisotopic (exact) mass is 267 g/mol. The Morgan fingerprint density at radius 1 is 1.16 bits per heavy atom. The van der Waals surface area contributed by atoms with Crippen molar-refractivity contribution in [1.82, 2.24) is 0 Å². The van der Waals surface area contributed by atoms with Crippen LogP contribution < -0.4 is 5.73 Å². The molecule has 0 saturated heterocycles. The van der Waals surface area contributed by atoms with Crippen LogP contribution in [0.5, 0.6) is 0 Å². The van der Waals surface area contributed by atoms with E-state index >= 15 is 0 Å². The van der Waals surface area contributed by atoms with Gasteiger partial charge in [-0.25, -0.2) is 8.78 Å². The molecule has 1 aromatic heterocycles. The number of hydrogen-bond acceptors (Lipinski definition) is 3. The molecule has 2 atom stereocenters. The second kappa shape index (κ2) is 5.50. The van der Waals surface area contributed by atoms with Gasteiger partial charge in [0.2, 0.25) is 0 Å². The summed E-state index contributed by atoms with van der Waals surface area (Å²) in [6.07, 6.45) is 0.446. The Labute approximate surface area is 109 Å². The van der Waals surface area contributed by atoms with E-state index in [9.17, 15) is 13.9 Å². The number of aliphatic hydroxyl groups is 1. The normalized spacial score (nSPS) is 14.4. The fourth-order valence-corrected chi connectivity index (χ4v) is 2.09. The van der Waals surface area contributed by atoms with Crippen molar-refractivity contribution in [3.8, 4) is 0 Å². The van der Waals surface area contributed by atoms with Gasteiger partial charge in [0.15, 0.2) is 0 Å². The molecule has 2 aromatic rings. The van der Waals surface area contributed by atoms with Gasteiger partial charge in [-0.3, -0.25) is 0 Å². The summed E-state index contributed by atoms with van der Waals surface area (Å²) >= 11 is 0. The number of benzene rings is 1. The van der Waals surface area contributed by atoms with Crippen LogP contribution in [0.25, 0.3) is 0 Å². The standard InChI is InChI=1S/C14H15F2NO2/c1-8-2-10(7-19-8)14(18)13(6-17)9-3-11(15)5-12(16)4-9/h2-5,7,13-14,18H,6,17H2,1H3. The topological polar surface area (TPSA) is 59.4 Å². The first-order valence-corrected chi connectivity index (χ1v) is 5.90. The number of aryl methyl sites for hydroxylation is 1. The van der Waals surface area contributed by atoms with Gasteiger partial charge in [0.1, 0.15) is 17.4 Å². The molecule has 0 bridgehead atoms. The first kappa shape index (κ1) is 13.7. The summed E-state index contributed by atoms with van der Waals surface area (Å²) in [7, 11) is 0.